The van der Waals surface area contributed by atoms with Crippen molar-refractivity contribution < 1.29 is 4.74 Å². The minimum Gasteiger partial charge on any atom is -0.481 e. The van der Waals surface area contributed by atoms with Gasteiger partial charge in [-0.3, -0.25) is 0 Å². The Morgan fingerprint density at radius 2 is 2.05 bits per heavy atom. The lowest BCUT2D eigenvalue weighted by Crippen LogP contribution is -2.32. The summed E-state index contributed by atoms with van der Waals surface area (Å²) in [4.78, 5) is 13.8. The van der Waals surface area contributed by atoms with Crippen LogP contribution in [0.5, 0.6) is 5.88 Å². The SMILES string of the molecule is COc1cc(C)nc(N2CCCN(CCCCN)CC2)n1. The number of methoxy groups -OCH3 is 1. The zero-order valence-corrected chi connectivity index (χ0v) is 13.2. The molecule has 0 atom stereocenters. The molecule has 21 heavy (non-hydrogen) atoms. The Balaban J connectivity index is 1.94. The van der Waals surface area contributed by atoms with Gasteiger partial charge in [0.1, 0.15) is 0 Å². The van der Waals surface area contributed by atoms with Gasteiger partial charge in [-0.15, -0.1) is 0 Å². The summed E-state index contributed by atoms with van der Waals surface area (Å²) < 4.78 is 5.24. The molecule has 2 rings (SSSR count). The molecule has 2 heterocycles. The van der Waals surface area contributed by atoms with Gasteiger partial charge in [-0.1, -0.05) is 0 Å². The Morgan fingerprint density at radius 3 is 2.81 bits per heavy atom. The van der Waals surface area contributed by atoms with E-state index >= 15 is 0 Å². The van der Waals surface area contributed by atoms with Gasteiger partial charge in [-0.05, 0) is 45.8 Å². The van der Waals surface area contributed by atoms with E-state index in [-0.39, 0.29) is 0 Å². The number of aromatic nitrogens is 2. The molecule has 6 nitrogen and oxygen atoms in total. The van der Waals surface area contributed by atoms with Gasteiger partial charge in [0, 0.05) is 31.4 Å². The monoisotopic (exact) mass is 293 g/mol. The third-order valence-corrected chi connectivity index (χ3v) is 3.83. The van der Waals surface area contributed by atoms with Gasteiger partial charge in [-0.25, -0.2) is 4.98 Å². The summed E-state index contributed by atoms with van der Waals surface area (Å²) in [6, 6.07) is 1.86. The lowest BCUT2D eigenvalue weighted by Gasteiger charge is -2.22. The number of hydrogen-bond donors (Lipinski definition) is 1. The van der Waals surface area contributed by atoms with Gasteiger partial charge < -0.3 is 20.3 Å². The fraction of sp³-hybridized carbons (Fsp3) is 0.733. The average molecular weight is 293 g/mol. The highest BCUT2D eigenvalue weighted by Gasteiger charge is 2.17. The molecule has 0 spiro atoms. The first-order valence-corrected chi connectivity index (χ1v) is 7.80. The van der Waals surface area contributed by atoms with E-state index in [1.165, 1.54) is 6.42 Å². The van der Waals surface area contributed by atoms with Crippen molar-refractivity contribution in [3.8, 4) is 5.88 Å². The summed E-state index contributed by atoms with van der Waals surface area (Å²) in [5.41, 5.74) is 6.50. The van der Waals surface area contributed by atoms with E-state index in [2.05, 4.69) is 19.8 Å². The Kier molecular flexibility index (Phi) is 6.20. The molecule has 118 valence electrons. The largest absolute Gasteiger partial charge is 0.481 e. The lowest BCUT2D eigenvalue weighted by molar-refractivity contribution is 0.287. The molecule has 6 heteroatoms. The van der Waals surface area contributed by atoms with Crippen LogP contribution in [-0.4, -0.2) is 61.2 Å². The standard InChI is InChI=1S/C15H27N5O/c1-13-12-14(21-2)18-15(17-13)20-9-5-8-19(10-11-20)7-4-3-6-16/h12H,3-11,16H2,1-2H3. The highest BCUT2D eigenvalue weighted by molar-refractivity contribution is 5.34. The molecule has 1 aliphatic rings. The summed E-state index contributed by atoms with van der Waals surface area (Å²) in [5, 5.41) is 0. The highest BCUT2D eigenvalue weighted by atomic mass is 16.5. The van der Waals surface area contributed by atoms with Crippen LogP contribution in [0.15, 0.2) is 6.07 Å². The third kappa shape index (κ3) is 4.82. The molecule has 0 bridgehead atoms. The molecule has 1 aromatic heterocycles. The molecule has 1 fully saturated rings. The van der Waals surface area contributed by atoms with Crippen LogP contribution in [0.4, 0.5) is 5.95 Å². The third-order valence-electron chi connectivity index (χ3n) is 3.83. The van der Waals surface area contributed by atoms with Crippen LogP contribution in [0.3, 0.4) is 0 Å². The second-order valence-electron chi connectivity index (χ2n) is 5.53. The lowest BCUT2D eigenvalue weighted by atomic mass is 10.3. The molecule has 1 saturated heterocycles. The van der Waals surface area contributed by atoms with Crippen LogP contribution in [0.25, 0.3) is 0 Å². The molecule has 1 aromatic rings. The molecule has 0 aromatic carbocycles. The zero-order valence-electron chi connectivity index (χ0n) is 13.2. The van der Waals surface area contributed by atoms with Gasteiger partial charge >= 0.3 is 0 Å². The minimum atomic E-state index is 0.640. The number of nitrogens with two attached hydrogens (primary N) is 1. The van der Waals surface area contributed by atoms with Crippen molar-refractivity contribution in [1.29, 1.82) is 0 Å². The van der Waals surface area contributed by atoms with Crippen LogP contribution in [0.1, 0.15) is 25.0 Å². The number of hydrogen-bond acceptors (Lipinski definition) is 6. The number of nitrogens with zero attached hydrogens (tertiary/aromatic N) is 4. The van der Waals surface area contributed by atoms with Gasteiger partial charge in [0.15, 0.2) is 0 Å². The molecule has 0 aliphatic carbocycles. The maximum Gasteiger partial charge on any atom is 0.228 e. The van der Waals surface area contributed by atoms with Crippen molar-refractivity contribution >= 4 is 5.95 Å². The molecule has 0 unspecified atom stereocenters. The molecule has 2 N–H and O–H groups in total. The van der Waals surface area contributed by atoms with Gasteiger partial charge in [0.05, 0.1) is 7.11 Å². The molecule has 1 aliphatic heterocycles. The first kappa shape index (κ1) is 16.0. The van der Waals surface area contributed by atoms with E-state index in [1.54, 1.807) is 7.11 Å². The van der Waals surface area contributed by atoms with Crippen molar-refractivity contribution in [3.05, 3.63) is 11.8 Å². The highest BCUT2D eigenvalue weighted by Crippen LogP contribution is 2.17. The zero-order chi connectivity index (χ0) is 15.1. The Hall–Kier alpha value is -1.40. The second kappa shape index (κ2) is 8.14. The Bertz CT molecular complexity index is 440. The minimum absolute atomic E-state index is 0.640. The van der Waals surface area contributed by atoms with Crippen molar-refractivity contribution in [2.75, 3.05) is 51.3 Å². The normalized spacial score (nSPS) is 16.8. The fourth-order valence-corrected chi connectivity index (χ4v) is 2.64. The maximum atomic E-state index is 5.56. The molecule has 0 amide bonds. The smallest absolute Gasteiger partial charge is 0.228 e. The summed E-state index contributed by atoms with van der Waals surface area (Å²) in [6.45, 7) is 8.08. The van der Waals surface area contributed by atoms with Crippen LogP contribution >= 0.6 is 0 Å². The predicted molar refractivity (Wildman–Crippen MR) is 84.9 cm³/mol. The number of aryl methyl sites for hydroxylation is 1. The molecular formula is C15H27N5O. The van der Waals surface area contributed by atoms with Crippen molar-refractivity contribution in [2.45, 2.75) is 26.2 Å². The number of unbranched alkanes of at least 4 members (excludes halogenated alkanes) is 1. The quantitative estimate of drug-likeness (QED) is 0.791. The summed E-state index contributed by atoms with van der Waals surface area (Å²) in [7, 11) is 1.65. The van der Waals surface area contributed by atoms with Gasteiger partial charge in [-0.2, -0.15) is 4.98 Å². The second-order valence-corrected chi connectivity index (χ2v) is 5.53. The van der Waals surface area contributed by atoms with Crippen molar-refractivity contribution in [1.82, 2.24) is 14.9 Å². The molecular weight excluding hydrogens is 266 g/mol. The number of ether oxygens (including phenoxy) is 1. The summed E-state index contributed by atoms with van der Waals surface area (Å²) >= 11 is 0. The fourth-order valence-electron chi connectivity index (χ4n) is 2.64. The topological polar surface area (TPSA) is 67.5 Å². The van der Waals surface area contributed by atoms with Crippen LogP contribution in [0, 0.1) is 6.92 Å². The number of rotatable bonds is 6. The summed E-state index contributed by atoms with van der Waals surface area (Å²) in [5.74, 6) is 1.43. The van der Waals surface area contributed by atoms with E-state index in [4.69, 9.17) is 10.5 Å². The van der Waals surface area contributed by atoms with E-state index in [1.807, 2.05) is 13.0 Å². The predicted octanol–water partition coefficient (Wildman–Crippen LogP) is 1.04. The first-order valence-electron chi connectivity index (χ1n) is 7.80. The van der Waals surface area contributed by atoms with E-state index in [0.717, 1.165) is 63.8 Å². The van der Waals surface area contributed by atoms with Crippen molar-refractivity contribution in [2.24, 2.45) is 5.73 Å². The molecule has 0 saturated carbocycles. The van der Waals surface area contributed by atoms with E-state index in [0.29, 0.717) is 5.88 Å². The van der Waals surface area contributed by atoms with Crippen LogP contribution < -0.4 is 15.4 Å². The average Bonchev–Trinajstić information content (AvgIpc) is 2.72. The Labute approximate surface area is 127 Å². The van der Waals surface area contributed by atoms with Crippen molar-refractivity contribution in [3.63, 3.8) is 0 Å². The van der Waals surface area contributed by atoms with Gasteiger partial charge in [0.2, 0.25) is 11.8 Å². The van der Waals surface area contributed by atoms with E-state index in [9.17, 15) is 0 Å². The first-order chi connectivity index (χ1) is 10.2. The molecule has 0 radical (unpaired) electrons. The maximum absolute atomic E-state index is 5.56. The Morgan fingerprint density at radius 1 is 1.19 bits per heavy atom. The number of anilines is 1. The summed E-state index contributed by atoms with van der Waals surface area (Å²) in [6.07, 6.45) is 3.44. The van der Waals surface area contributed by atoms with Crippen LogP contribution in [-0.2, 0) is 0 Å². The van der Waals surface area contributed by atoms with Gasteiger partial charge in [0.25, 0.3) is 0 Å². The van der Waals surface area contributed by atoms with E-state index < -0.39 is 0 Å². The van der Waals surface area contributed by atoms with Crippen LogP contribution in [0.2, 0.25) is 0 Å².